The summed E-state index contributed by atoms with van der Waals surface area (Å²) < 4.78 is 1.65. The average molecular weight is 249 g/mol. The van der Waals surface area contributed by atoms with Crippen molar-refractivity contribution in [1.82, 2.24) is 25.0 Å². The lowest BCUT2D eigenvalue weighted by Crippen LogP contribution is -2.19. The van der Waals surface area contributed by atoms with E-state index in [0.717, 1.165) is 25.3 Å². The lowest BCUT2D eigenvalue weighted by molar-refractivity contribution is 0.472. The van der Waals surface area contributed by atoms with Crippen molar-refractivity contribution in [2.24, 2.45) is 11.7 Å². The van der Waals surface area contributed by atoms with Crippen molar-refractivity contribution in [1.29, 1.82) is 0 Å². The van der Waals surface area contributed by atoms with Gasteiger partial charge in [-0.25, -0.2) is 0 Å². The molecule has 0 aliphatic heterocycles. The summed E-state index contributed by atoms with van der Waals surface area (Å²) in [5.41, 5.74) is 6.27. The Hall–Kier alpha value is -1.76. The first kappa shape index (κ1) is 12.7. The molecule has 98 valence electrons. The maximum atomic E-state index is 5.62. The van der Waals surface area contributed by atoms with Gasteiger partial charge in [-0.15, -0.1) is 5.10 Å². The first-order valence-corrected chi connectivity index (χ1v) is 6.31. The van der Waals surface area contributed by atoms with Crippen molar-refractivity contribution in [2.45, 2.75) is 26.2 Å². The molecule has 0 spiro atoms. The fraction of sp³-hybridized carbons (Fsp3) is 0.636. The first-order chi connectivity index (χ1) is 8.85. The third-order valence-electron chi connectivity index (χ3n) is 2.95. The molecule has 0 bridgehead atoms. The Bertz CT molecular complexity index is 475. The van der Waals surface area contributed by atoms with Crippen molar-refractivity contribution >= 4 is 11.5 Å². The van der Waals surface area contributed by atoms with E-state index in [0.29, 0.717) is 11.6 Å². The Kier molecular flexibility index (Phi) is 4.40. The number of rotatable bonds is 7. The van der Waals surface area contributed by atoms with Crippen LogP contribution in [0, 0.1) is 5.92 Å². The van der Waals surface area contributed by atoms with Crippen LogP contribution in [0.25, 0.3) is 5.65 Å². The summed E-state index contributed by atoms with van der Waals surface area (Å²) >= 11 is 0. The van der Waals surface area contributed by atoms with Crippen LogP contribution in [0.3, 0.4) is 0 Å². The molecule has 1 atom stereocenters. The molecular formula is C11H19N7. The lowest BCUT2D eigenvalue weighted by Gasteiger charge is -2.16. The fourth-order valence-electron chi connectivity index (χ4n) is 2.04. The van der Waals surface area contributed by atoms with Crippen molar-refractivity contribution in [3.05, 3.63) is 12.4 Å². The van der Waals surface area contributed by atoms with Gasteiger partial charge in [0.15, 0.2) is 5.65 Å². The summed E-state index contributed by atoms with van der Waals surface area (Å²) in [7, 11) is 0. The molecule has 0 saturated heterocycles. The van der Waals surface area contributed by atoms with Crippen molar-refractivity contribution in [2.75, 3.05) is 18.4 Å². The van der Waals surface area contributed by atoms with Crippen LogP contribution in [0.4, 0.5) is 5.82 Å². The Morgan fingerprint density at radius 2 is 2.28 bits per heavy atom. The molecule has 0 aliphatic carbocycles. The smallest absolute Gasteiger partial charge is 0.199 e. The van der Waals surface area contributed by atoms with E-state index in [1.165, 1.54) is 12.8 Å². The second-order valence-electron chi connectivity index (χ2n) is 4.35. The lowest BCUT2D eigenvalue weighted by atomic mass is 10.00. The monoisotopic (exact) mass is 249 g/mol. The highest BCUT2D eigenvalue weighted by Crippen LogP contribution is 2.12. The van der Waals surface area contributed by atoms with E-state index in [1.807, 2.05) is 0 Å². The number of hydrogen-bond acceptors (Lipinski definition) is 6. The molecule has 3 N–H and O–H groups in total. The largest absolute Gasteiger partial charge is 0.368 e. The Labute approximate surface area is 106 Å². The number of nitrogens with one attached hydrogen (secondary N) is 1. The second-order valence-corrected chi connectivity index (χ2v) is 4.35. The molecular weight excluding hydrogens is 230 g/mol. The highest BCUT2D eigenvalue weighted by atomic mass is 15.5. The molecule has 2 aromatic heterocycles. The zero-order chi connectivity index (χ0) is 12.8. The van der Waals surface area contributed by atoms with Crippen LogP contribution in [0.1, 0.15) is 26.2 Å². The molecule has 0 fully saturated rings. The predicted molar refractivity (Wildman–Crippen MR) is 69.1 cm³/mol. The standard InChI is InChI=1S/C11H19N7/c1-2-3-9(4-5-12)6-14-10-7-13-8-11-15-16-17-18(10)11/h7-9,14H,2-6,12H2,1H3. The first-order valence-electron chi connectivity index (χ1n) is 6.31. The van der Waals surface area contributed by atoms with Crippen LogP contribution in [0.5, 0.6) is 0 Å². The van der Waals surface area contributed by atoms with Crippen molar-refractivity contribution < 1.29 is 0 Å². The van der Waals surface area contributed by atoms with Crippen LogP contribution in [-0.2, 0) is 0 Å². The van der Waals surface area contributed by atoms with Gasteiger partial charge in [0.25, 0.3) is 0 Å². The van der Waals surface area contributed by atoms with Crippen LogP contribution in [0.2, 0.25) is 0 Å². The molecule has 7 heteroatoms. The summed E-state index contributed by atoms with van der Waals surface area (Å²) in [5.74, 6) is 1.39. The molecule has 18 heavy (non-hydrogen) atoms. The van der Waals surface area contributed by atoms with E-state index in [-0.39, 0.29) is 0 Å². The zero-order valence-corrected chi connectivity index (χ0v) is 10.6. The molecule has 0 amide bonds. The quantitative estimate of drug-likeness (QED) is 0.750. The predicted octanol–water partition coefficient (Wildman–Crippen LogP) is 0.696. The maximum absolute atomic E-state index is 5.62. The Balaban J connectivity index is 2.02. The molecule has 2 rings (SSSR count). The molecule has 0 radical (unpaired) electrons. The van der Waals surface area contributed by atoms with Gasteiger partial charge in [0.1, 0.15) is 5.82 Å². The Morgan fingerprint density at radius 1 is 1.39 bits per heavy atom. The number of fused-ring (bicyclic) bond motifs is 1. The third-order valence-corrected chi connectivity index (χ3v) is 2.95. The molecule has 0 aliphatic rings. The van der Waals surface area contributed by atoms with Gasteiger partial charge >= 0.3 is 0 Å². The molecule has 1 unspecified atom stereocenters. The summed E-state index contributed by atoms with van der Waals surface area (Å²) in [5, 5.41) is 14.7. The number of nitrogens with zero attached hydrogens (tertiary/aromatic N) is 5. The highest BCUT2D eigenvalue weighted by Gasteiger charge is 2.09. The van der Waals surface area contributed by atoms with E-state index >= 15 is 0 Å². The van der Waals surface area contributed by atoms with Crippen LogP contribution in [-0.4, -0.2) is 38.1 Å². The number of anilines is 1. The normalized spacial score (nSPS) is 12.8. The van der Waals surface area contributed by atoms with Crippen LogP contribution < -0.4 is 11.1 Å². The van der Waals surface area contributed by atoms with Crippen LogP contribution >= 0.6 is 0 Å². The maximum Gasteiger partial charge on any atom is 0.199 e. The number of nitrogens with two attached hydrogens (primary N) is 1. The van der Waals surface area contributed by atoms with Gasteiger partial charge in [0.05, 0.1) is 12.4 Å². The zero-order valence-electron chi connectivity index (χ0n) is 10.6. The number of tetrazole rings is 1. The molecule has 7 nitrogen and oxygen atoms in total. The van der Waals surface area contributed by atoms with E-state index < -0.39 is 0 Å². The minimum absolute atomic E-state index is 0.576. The van der Waals surface area contributed by atoms with Gasteiger partial charge in [-0.1, -0.05) is 13.3 Å². The second kappa shape index (κ2) is 6.25. The molecule has 0 saturated carbocycles. The topological polar surface area (TPSA) is 94.0 Å². The summed E-state index contributed by atoms with van der Waals surface area (Å²) in [6.45, 7) is 3.78. The van der Waals surface area contributed by atoms with E-state index in [1.54, 1.807) is 16.9 Å². The van der Waals surface area contributed by atoms with Gasteiger partial charge < -0.3 is 11.1 Å². The molecule has 0 aromatic carbocycles. The van der Waals surface area contributed by atoms with Gasteiger partial charge in [-0.3, -0.25) is 4.98 Å². The van der Waals surface area contributed by atoms with Gasteiger partial charge in [-0.2, -0.15) is 4.52 Å². The highest BCUT2D eigenvalue weighted by molar-refractivity contribution is 5.43. The minimum Gasteiger partial charge on any atom is -0.368 e. The van der Waals surface area contributed by atoms with E-state index in [4.69, 9.17) is 5.73 Å². The van der Waals surface area contributed by atoms with E-state index in [2.05, 4.69) is 32.7 Å². The number of hydrogen-bond donors (Lipinski definition) is 2. The summed E-state index contributed by atoms with van der Waals surface area (Å²) in [4.78, 5) is 4.10. The van der Waals surface area contributed by atoms with Gasteiger partial charge in [-0.05, 0) is 35.7 Å². The number of aromatic nitrogens is 5. The third kappa shape index (κ3) is 2.92. The van der Waals surface area contributed by atoms with Gasteiger partial charge in [0, 0.05) is 6.54 Å². The van der Waals surface area contributed by atoms with Crippen molar-refractivity contribution in [3.8, 4) is 0 Å². The fourth-order valence-corrected chi connectivity index (χ4v) is 2.04. The van der Waals surface area contributed by atoms with Crippen LogP contribution in [0.15, 0.2) is 12.4 Å². The van der Waals surface area contributed by atoms with Gasteiger partial charge in [0.2, 0.25) is 0 Å². The molecule has 2 heterocycles. The minimum atomic E-state index is 0.576. The Morgan fingerprint density at radius 3 is 3.06 bits per heavy atom. The molecule has 2 aromatic rings. The SMILES string of the molecule is CCCC(CCN)CNc1cncc2nnnn12. The summed E-state index contributed by atoms with van der Waals surface area (Å²) in [6.07, 6.45) is 6.73. The van der Waals surface area contributed by atoms with E-state index in [9.17, 15) is 0 Å². The average Bonchev–Trinajstić information content (AvgIpc) is 2.85. The van der Waals surface area contributed by atoms with Crippen molar-refractivity contribution in [3.63, 3.8) is 0 Å². The summed E-state index contributed by atoms with van der Waals surface area (Å²) in [6, 6.07) is 0.